The summed E-state index contributed by atoms with van der Waals surface area (Å²) >= 11 is 0. The SMILES string of the molecule is COCC(C)CC(O)CCC(C)(C)OC. The quantitative estimate of drug-likeness (QED) is 0.679. The zero-order chi connectivity index (χ0) is 11.9. The number of hydrogen-bond acceptors (Lipinski definition) is 3. The molecule has 0 saturated heterocycles. The summed E-state index contributed by atoms with van der Waals surface area (Å²) in [6.45, 7) is 6.88. The van der Waals surface area contributed by atoms with Gasteiger partial charge in [-0.3, -0.25) is 0 Å². The highest BCUT2D eigenvalue weighted by molar-refractivity contribution is 4.71. The van der Waals surface area contributed by atoms with Crippen LogP contribution < -0.4 is 0 Å². The highest BCUT2D eigenvalue weighted by atomic mass is 16.5. The topological polar surface area (TPSA) is 38.7 Å². The first-order valence-electron chi connectivity index (χ1n) is 5.63. The Morgan fingerprint density at radius 2 is 1.87 bits per heavy atom. The Morgan fingerprint density at radius 3 is 2.33 bits per heavy atom. The lowest BCUT2D eigenvalue weighted by Crippen LogP contribution is -2.25. The fourth-order valence-corrected chi connectivity index (χ4v) is 1.55. The Balaban J connectivity index is 3.69. The van der Waals surface area contributed by atoms with Crippen LogP contribution in [0.5, 0.6) is 0 Å². The Labute approximate surface area is 93.8 Å². The summed E-state index contributed by atoms with van der Waals surface area (Å²) in [5.74, 6) is 0.413. The van der Waals surface area contributed by atoms with Crippen molar-refractivity contribution in [2.24, 2.45) is 5.92 Å². The Hall–Kier alpha value is -0.120. The van der Waals surface area contributed by atoms with Crippen LogP contribution in [-0.2, 0) is 9.47 Å². The average molecular weight is 218 g/mol. The van der Waals surface area contributed by atoms with Crippen molar-refractivity contribution >= 4 is 0 Å². The molecule has 0 aliphatic rings. The molecule has 0 fully saturated rings. The second-order valence-electron chi connectivity index (χ2n) is 4.95. The van der Waals surface area contributed by atoms with Gasteiger partial charge >= 0.3 is 0 Å². The summed E-state index contributed by atoms with van der Waals surface area (Å²) in [5.41, 5.74) is -0.133. The lowest BCUT2D eigenvalue weighted by molar-refractivity contribution is -0.000481. The number of aliphatic hydroxyl groups is 1. The van der Waals surface area contributed by atoms with E-state index in [-0.39, 0.29) is 11.7 Å². The highest BCUT2D eigenvalue weighted by Crippen LogP contribution is 2.19. The van der Waals surface area contributed by atoms with Crippen molar-refractivity contribution in [1.82, 2.24) is 0 Å². The van der Waals surface area contributed by atoms with E-state index in [2.05, 4.69) is 6.92 Å². The Kier molecular flexibility index (Phi) is 7.14. The van der Waals surface area contributed by atoms with Crippen LogP contribution in [0.1, 0.15) is 40.0 Å². The lowest BCUT2D eigenvalue weighted by atomic mass is 9.95. The number of hydrogen-bond donors (Lipinski definition) is 1. The molecular formula is C12H26O3. The van der Waals surface area contributed by atoms with E-state index in [9.17, 15) is 5.11 Å². The second kappa shape index (κ2) is 7.20. The smallest absolute Gasteiger partial charge is 0.0623 e. The number of aliphatic hydroxyl groups excluding tert-OH is 1. The first-order valence-corrected chi connectivity index (χ1v) is 5.63. The van der Waals surface area contributed by atoms with E-state index in [4.69, 9.17) is 9.47 Å². The van der Waals surface area contributed by atoms with E-state index in [1.165, 1.54) is 0 Å². The minimum absolute atomic E-state index is 0.133. The van der Waals surface area contributed by atoms with Gasteiger partial charge in [-0.25, -0.2) is 0 Å². The van der Waals surface area contributed by atoms with Crippen molar-refractivity contribution in [3.63, 3.8) is 0 Å². The van der Waals surface area contributed by atoms with Gasteiger partial charge in [-0.1, -0.05) is 6.92 Å². The predicted octanol–water partition coefficient (Wildman–Crippen LogP) is 2.23. The molecule has 0 radical (unpaired) electrons. The summed E-state index contributed by atoms with van der Waals surface area (Å²) < 4.78 is 10.3. The highest BCUT2D eigenvalue weighted by Gasteiger charge is 2.19. The molecular weight excluding hydrogens is 192 g/mol. The third-order valence-corrected chi connectivity index (χ3v) is 2.76. The molecule has 0 aromatic heterocycles. The van der Waals surface area contributed by atoms with Gasteiger partial charge in [0, 0.05) is 20.8 Å². The van der Waals surface area contributed by atoms with Gasteiger partial charge in [-0.2, -0.15) is 0 Å². The maximum Gasteiger partial charge on any atom is 0.0623 e. The molecule has 92 valence electrons. The molecule has 0 spiro atoms. The summed E-state index contributed by atoms with van der Waals surface area (Å²) in [6.07, 6.45) is 2.22. The first kappa shape index (κ1) is 14.9. The fraction of sp³-hybridized carbons (Fsp3) is 1.00. The molecule has 0 aliphatic heterocycles. The zero-order valence-corrected chi connectivity index (χ0v) is 10.7. The molecule has 0 aromatic rings. The summed E-state index contributed by atoms with van der Waals surface area (Å²) in [4.78, 5) is 0. The van der Waals surface area contributed by atoms with Crippen LogP contribution in [0.4, 0.5) is 0 Å². The van der Waals surface area contributed by atoms with Crippen LogP contribution in [0.15, 0.2) is 0 Å². The molecule has 0 saturated carbocycles. The lowest BCUT2D eigenvalue weighted by Gasteiger charge is -2.25. The van der Waals surface area contributed by atoms with Gasteiger partial charge < -0.3 is 14.6 Å². The van der Waals surface area contributed by atoms with E-state index in [0.717, 1.165) is 19.3 Å². The van der Waals surface area contributed by atoms with Crippen molar-refractivity contribution in [3.05, 3.63) is 0 Å². The van der Waals surface area contributed by atoms with Crippen LogP contribution in [0.2, 0.25) is 0 Å². The van der Waals surface area contributed by atoms with Crippen LogP contribution in [0, 0.1) is 5.92 Å². The number of ether oxygens (including phenoxy) is 2. The first-order chi connectivity index (χ1) is 6.91. The largest absolute Gasteiger partial charge is 0.393 e. The van der Waals surface area contributed by atoms with Crippen LogP contribution >= 0.6 is 0 Å². The van der Waals surface area contributed by atoms with Crippen molar-refractivity contribution in [1.29, 1.82) is 0 Å². The minimum Gasteiger partial charge on any atom is -0.393 e. The molecule has 0 aliphatic carbocycles. The molecule has 3 heteroatoms. The van der Waals surface area contributed by atoms with Gasteiger partial charge in [-0.05, 0) is 39.0 Å². The molecule has 0 bridgehead atoms. The maximum absolute atomic E-state index is 9.79. The van der Waals surface area contributed by atoms with Crippen molar-refractivity contribution in [2.75, 3.05) is 20.8 Å². The molecule has 0 amide bonds. The molecule has 0 rings (SSSR count). The van der Waals surface area contributed by atoms with Crippen molar-refractivity contribution in [2.45, 2.75) is 51.7 Å². The second-order valence-corrected chi connectivity index (χ2v) is 4.95. The van der Waals surface area contributed by atoms with E-state index in [1.807, 2.05) is 13.8 Å². The van der Waals surface area contributed by atoms with Crippen LogP contribution in [0.25, 0.3) is 0 Å². The molecule has 2 unspecified atom stereocenters. The van der Waals surface area contributed by atoms with E-state index in [0.29, 0.717) is 12.5 Å². The van der Waals surface area contributed by atoms with Crippen molar-refractivity contribution < 1.29 is 14.6 Å². The monoisotopic (exact) mass is 218 g/mol. The van der Waals surface area contributed by atoms with Gasteiger partial charge in [0.2, 0.25) is 0 Å². The standard InChI is InChI=1S/C12H26O3/c1-10(9-14-4)8-11(13)6-7-12(2,3)15-5/h10-11,13H,6-9H2,1-5H3. The van der Waals surface area contributed by atoms with E-state index in [1.54, 1.807) is 14.2 Å². The van der Waals surface area contributed by atoms with Crippen LogP contribution in [-0.4, -0.2) is 37.6 Å². The molecule has 0 heterocycles. The molecule has 3 nitrogen and oxygen atoms in total. The van der Waals surface area contributed by atoms with E-state index >= 15 is 0 Å². The molecule has 1 N–H and O–H groups in total. The number of methoxy groups -OCH3 is 2. The minimum atomic E-state index is -0.246. The number of rotatable bonds is 8. The van der Waals surface area contributed by atoms with Gasteiger partial charge in [-0.15, -0.1) is 0 Å². The Bertz CT molecular complexity index is 157. The fourth-order valence-electron chi connectivity index (χ4n) is 1.55. The van der Waals surface area contributed by atoms with Crippen LogP contribution in [0.3, 0.4) is 0 Å². The maximum atomic E-state index is 9.79. The molecule has 2 atom stereocenters. The van der Waals surface area contributed by atoms with Gasteiger partial charge in [0.15, 0.2) is 0 Å². The molecule has 15 heavy (non-hydrogen) atoms. The Morgan fingerprint density at radius 1 is 1.27 bits per heavy atom. The molecule has 0 aromatic carbocycles. The summed E-state index contributed by atoms with van der Waals surface area (Å²) in [5, 5.41) is 9.79. The summed E-state index contributed by atoms with van der Waals surface area (Å²) in [6, 6.07) is 0. The summed E-state index contributed by atoms with van der Waals surface area (Å²) in [7, 11) is 3.40. The third kappa shape index (κ3) is 7.77. The van der Waals surface area contributed by atoms with Gasteiger partial charge in [0.1, 0.15) is 0 Å². The van der Waals surface area contributed by atoms with Gasteiger partial charge in [0.05, 0.1) is 11.7 Å². The van der Waals surface area contributed by atoms with Gasteiger partial charge in [0.25, 0.3) is 0 Å². The zero-order valence-electron chi connectivity index (χ0n) is 10.7. The average Bonchev–Trinajstić information content (AvgIpc) is 2.15. The predicted molar refractivity (Wildman–Crippen MR) is 62.0 cm³/mol. The third-order valence-electron chi connectivity index (χ3n) is 2.76. The normalized spacial score (nSPS) is 16.4. The van der Waals surface area contributed by atoms with Crippen molar-refractivity contribution in [3.8, 4) is 0 Å². The van der Waals surface area contributed by atoms with E-state index < -0.39 is 0 Å².